The van der Waals surface area contributed by atoms with Gasteiger partial charge in [0.05, 0.1) is 12.4 Å². The van der Waals surface area contributed by atoms with Crippen LogP contribution in [0.1, 0.15) is 42.5 Å². The van der Waals surface area contributed by atoms with Crippen molar-refractivity contribution in [1.29, 1.82) is 0 Å². The zero-order chi connectivity index (χ0) is 33.2. The Labute approximate surface area is 272 Å². The van der Waals surface area contributed by atoms with Crippen molar-refractivity contribution in [1.82, 2.24) is 36.1 Å². The molecular formula is C34H41N7O6. The standard InChI is InChI=1S/C34H41N7O6/c42-30(25-13-7-15-36-25)38-26(17-22-9-3-1-4-10-22)31(43)39-27(19-24-20-35-21-37-24)33(45)41-16-8-14-29(41)32(44)40-28(34(46)47)18-23-11-5-2-6-12-23/h1-6,9-12,20-21,25-29,36H,7-8,13-19H2,(H,35,37)(H,38,42)(H,39,43)(H,40,44)(H,46,47)/t25-,26-,27-,28-,29-/m0/s1. The van der Waals surface area contributed by atoms with Crippen LogP contribution in [0.25, 0.3) is 0 Å². The van der Waals surface area contributed by atoms with E-state index >= 15 is 0 Å². The van der Waals surface area contributed by atoms with Gasteiger partial charge >= 0.3 is 5.97 Å². The monoisotopic (exact) mass is 643 g/mol. The summed E-state index contributed by atoms with van der Waals surface area (Å²) in [7, 11) is 0. The number of aromatic nitrogens is 2. The number of likely N-dealkylation sites (tertiary alicyclic amines) is 1. The lowest BCUT2D eigenvalue weighted by molar-refractivity contribution is -0.145. The highest BCUT2D eigenvalue weighted by Crippen LogP contribution is 2.20. The third kappa shape index (κ3) is 9.03. The normalized spacial score (nSPS) is 19.4. The molecule has 2 aliphatic heterocycles. The van der Waals surface area contributed by atoms with E-state index in [0.29, 0.717) is 25.0 Å². The number of nitrogens with one attached hydrogen (secondary N) is 5. The molecule has 13 nitrogen and oxygen atoms in total. The van der Waals surface area contributed by atoms with E-state index in [0.717, 1.165) is 24.1 Å². The second kappa shape index (κ2) is 16.0. The molecule has 0 radical (unpaired) electrons. The molecule has 0 unspecified atom stereocenters. The lowest BCUT2D eigenvalue weighted by Gasteiger charge is -2.30. The number of aromatic amines is 1. The van der Waals surface area contributed by atoms with Gasteiger partial charge in [0.15, 0.2) is 0 Å². The van der Waals surface area contributed by atoms with Gasteiger partial charge < -0.3 is 36.3 Å². The molecule has 4 amide bonds. The van der Waals surface area contributed by atoms with Crippen LogP contribution in [-0.2, 0) is 43.2 Å². The van der Waals surface area contributed by atoms with E-state index in [1.807, 2.05) is 36.4 Å². The van der Waals surface area contributed by atoms with Crippen LogP contribution in [0.15, 0.2) is 73.2 Å². The van der Waals surface area contributed by atoms with Crippen molar-refractivity contribution < 1.29 is 29.1 Å². The van der Waals surface area contributed by atoms with Crippen LogP contribution < -0.4 is 21.3 Å². The minimum atomic E-state index is -1.18. The average Bonchev–Trinajstić information content (AvgIpc) is 3.88. The van der Waals surface area contributed by atoms with Gasteiger partial charge in [0.1, 0.15) is 24.2 Å². The Hall–Kier alpha value is -5.04. The first-order chi connectivity index (χ1) is 22.8. The molecule has 248 valence electrons. The van der Waals surface area contributed by atoms with Crippen LogP contribution in [0.3, 0.4) is 0 Å². The van der Waals surface area contributed by atoms with E-state index in [1.54, 1.807) is 30.5 Å². The molecule has 6 N–H and O–H groups in total. The molecule has 5 rings (SSSR count). The maximum Gasteiger partial charge on any atom is 0.326 e. The number of H-pyrrole nitrogens is 1. The van der Waals surface area contributed by atoms with E-state index in [2.05, 4.69) is 31.2 Å². The maximum atomic E-state index is 14.1. The van der Waals surface area contributed by atoms with Gasteiger partial charge in [-0.3, -0.25) is 19.2 Å². The number of nitrogens with zero attached hydrogens (tertiary/aromatic N) is 2. The third-order valence-electron chi connectivity index (χ3n) is 8.62. The van der Waals surface area contributed by atoms with Gasteiger partial charge in [0.2, 0.25) is 23.6 Å². The summed E-state index contributed by atoms with van der Waals surface area (Å²) in [6.07, 6.45) is 5.80. The fourth-order valence-electron chi connectivity index (χ4n) is 6.15. The molecule has 47 heavy (non-hydrogen) atoms. The summed E-state index contributed by atoms with van der Waals surface area (Å²) in [4.78, 5) is 75.0. The number of amides is 4. The zero-order valence-corrected chi connectivity index (χ0v) is 26.1. The van der Waals surface area contributed by atoms with Crippen LogP contribution in [0.5, 0.6) is 0 Å². The first-order valence-electron chi connectivity index (χ1n) is 16.0. The molecular weight excluding hydrogens is 602 g/mol. The molecule has 5 atom stereocenters. The van der Waals surface area contributed by atoms with Crippen molar-refractivity contribution in [3.63, 3.8) is 0 Å². The van der Waals surface area contributed by atoms with Crippen LogP contribution in [0, 0.1) is 0 Å². The first-order valence-corrected chi connectivity index (χ1v) is 16.0. The van der Waals surface area contributed by atoms with E-state index in [4.69, 9.17) is 0 Å². The lowest BCUT2D eigenvalue weighted by Crippen LogP contribution is -2.59. The fourth-order valence-corrected chi connectivity index (χ4v) is 6.15. The van der Waals surface area contributed by atoms with Crippen molar-refractivity contribution in [3.8, 4) is 0 Å². The Morgan fingerprint density at radius 1 is 0.809 bits per heavy atom. The van der Waals surface area contributed by atoms with Gasteiger partial charge in [0.25, 0.3) is 0 Å². The molecule has 2 aromatic carbocycles. The Kier molecular flexibility index (Phi) is 11.3. The number of carbonyl (C=O) groups is 5. The number of rotatable bonds is 14. The summed E-state index contributed by atoms with van der Waals surface area (Å²) in [6.45, 7) is 0.985. The van der Waals surface area contributed by atoms with Crippen LogP contribution in [-0.4, -0.2) is 92.9 Å². The third-order valence-corrected chi connectivity index (χ3v) is 8.62. The molecule has 2 saturated heterocycles. The smallest absolute Gasteiger partial charge is 0.326 e. The predicted octanol–water partition coefficient (Wildman–Crippen LogP) is 0.720. The molecule has 2 aliphatic rings. The Morgan fingerprint density at radius 2 is 1.47 bits per heavy atom. The van der Waals surface area contributed by atoms with Crippen LogP contribution >= 0.6 is 0 Å². The Balaban J connectivity index is 1.32. The summed E-state index contributed by atoms with van der Waals surface area (Å²) >= 11 is 0. The summed E-state index contributed by atoms with van der Waals surface area (Å²) in [5, 5.41) is 21.3. The van der Waals surface area contributed by atoms with Crippen molar-refractivity contribution in [2.75, 3.05) is 13.1 Å². The lowest BCUT2D eigenvalue weighted by atomic mass is 10.0. The Bertz CT molecular complexity index is 1510. The van der Waals surface area contributed by atoms with Gasteiger partial charge in [-0.1, -0.05) is 60.7 Å². The second-order valence-corrected chi connectivity index (χ2v) is 12.0. The number of carboxylic acids is 1. The number of hydrogen-bond donors (Lipinski definition) is 6. The predicted molar refractivity (Wildman–Crippen MR) is 172 cm³/mol. The minimum Gasteiger partial charge on any atom is -0.480 e. The van der Waals surface area contributed by atoms with E-state index < -0.39 is 53.9 Å². The fraction of sp³-hybridized carbons (Fsp3) is 0.412. The SMILES string of the molecule is O=C(O)[C@H](Cc1ccccc1)NC(=O)[C@@H]1CCCN1C(=O)[C@H](Cc1cnc[nH]1)NC(=O)[C@H](Cc1ccccc1)NC(=O)[C@@H]1CCCN1. The molecule has 1 aromatic heterocycles. The van der Waals surface area contributed by atoms with Gasteiger partial charge in [-0.2, -0.15) is 0 Å². The largest absolute Gasteiger partial charge is 0.480 e. The molecule has 0 aliphatic carbocycles. The Morgan fingerprint density at radius 3 is 2.06 bits per heavy atom. The zero-order valence-electron chi connectivity index (χ0n) is 26.1. The van der Waals surface area contributed by atoms with E-state index in [-0.39, 0.29) is 31.7 Å². The molecule has 0 bridgehead atoms. The highest BCUT2D eigenvalue weighted by Gasteiger charge is 2.40. The van der Waals surface area contributed by atoms with Crippen molar-refractivity contribution in [2.24, 2.45) is 0 Å². The van der Waals surface area contributed by atoms with E-state index in [9.17, 15) is 29.1 Å². The molecule has 2 fully saturated rings. The van der Waals surface area contributed by atoms with Crippen molar-refractivity contribution in [2.45, 2.75) is 75.2 Å². The first kappa shape index (κ1) is 33.3. The van der Waals surface area contributed by atoms with Crippen LogP contribution in [0.4, 0.5) is 0 Å². The minimum absolute atomic E-state index is 0.0668. The van der Waals surface area contributed by atoms with Crippen LogP contribution in [0.2, 0.25) is 0 Å². The van der Waals surface area contributed by atoms with E-state index in [1.165, 1.54) is 11.2 Å². The van der Waals surface area contributed by atoms with Gasteiger partial charge in [-0.15, -0.1) is 0 Å². The number of benzene rings is 2. The molecule has 3 heterocycles. The van der Waals surface area contributed by atoms with Gasteiger partial charge in [0, 0.05) is 37.7 Å². The topological polar surface area (TPSA) is 186 Å². The summed E-state index contributed by atoms with van der Waals surface area (Å²) in [6, 6.07) is 13.7. The maximum absolute atomic E-state index is 14.1. The quantitative estimate of drug-likeness (QED) is 0.148. The second-order valence-electron chi connectivity index (χ2n) is 12.0. The molecule has 0 spiro atoms. The van der Waals surface area contributed by atoms with Gasteiger partial charge in [-0.25, -0.2) is 9.78 Å². The average molecular weight is 644 g/mol. The van der Waals surface area contributed by atoms with Gasteiger partial charge in [-0.05, 0) is 43.4 Å². The number of aliphatic carboxylic acids is 1. The number of carbonyl (C=O) groups excluding carboxylic acids is 4. The summed E-state index contributed by atoms with van der Waals surface area (Å²) < 4.78 is 0. The number of hydrogen-bond acceptors (Lipinski definition) is 7. The highest BCUT2D eigenvalue weighted by atomic mass is 16.4. The van der Waals surface area contributed by atoms with Crippen molar-refractivity contribution >= 4 is 29.6 Å². The number of imidazole rings is 1. The highest BCUT2D eigenvalue weighted by molar-refractivity contribution is 5.96. The summed E-state index contributed by atoms with van der Waals surface area (Å²) in [5.74, 6) is -3.05. The molecule has 13 heteroatoms. The number of carboxylic acid groups (broad SMARTS) is 1. The van der Waals surface area contributed by atoms with Crippen molar-refractivity contribution in [3.05, 3.63) is 90.0 Å². The molecule has 3 aromatic rings. The molecule has 0 saturated carbocycles. The summed E-state index contributed by atoms with van der Waals surface area (Å²) in [5.41, 5.74) is 2.18.